The van der Waals surface area contributed by atoms with Crippen LogP contribution in [-0.4, -0.2) is 61.7 Å². The zero-order chi connectivity index (χ0) is 11.4. The van der Waals surface area contributed by atoms with Crippen molar-refractivity contribution in [3.05, 3.63) is 0 Å². The molecule has 0 aromatic carbocycles. The summed E-state index contributed by atoms with van der Waals surface area (Å²) in [6.45, 7) is -1.72. The topological polar surface area (TPSA) is 148 Å². The largest absolute Gasteiger partial charge is 0.470 e. The Balaban J connectivity index is 4.33. The summed E-state index contributed by atoms with van der Waals surface area (Å²) in [4.78, 5) is 16.7. The average molecular weight is 232 g/mol. The Bertz CT molecular complexity index is 202. The summed E-state index contributed by atoms with van der Waals surface area (Å²) in [7, 11) is -4.86. The van der Waals surface area contributed by atoms with Crippen molar-refractivity contribution in [2.24, 2.45) is 0 Å². The van der Waals surface area contributed by atoms with Crippen LogP contribution in [-0.2, 0) is 9.09 Å². The van der Waals surface area contributed by atoms with Gasteiger partial charge in [-0.15, -0.1) is 0 Å². The summed E-state index contributed by atoms with van der Waals surface area (Å²) < 4.78 is 14.3. The maximum atomic E-state index is 10.3. The number of hydrogen-bond acceptors (Lipinski definition) is 6. The predicted octanol–water partition coefficient (Wildman–Crippen LogP) is -2.83. The van der Waals surface area contributed by atoms with Gasteiger partial charge in [0.25, 0.3) is 0 Å². The van der Waals surface area contributed by atoms with E-state index in [2.05, 4.69) is 4.52 Å². The van der Waals surface area contributed by atoms with E-state index in [9.17, 15) is 4.57 Å². The molecule has 0 aliphatic heterocycles. The maximum absolute atomic E-state index is 10.3. The number of aliphatic hydroxyl groups is 4. The molecule has 0 amide bonds. The molecule has 6 N–H and O–H groups in total. The summed E-state index contributed by atoms with van der Waals surface area (Å²) in [5.74, 6) is 0. The van der Waals surface area contributed by atoms with Gasteiger partial charge < -0.3 is 30.2 Å². The minimum Gasteiger partial charge on any atom is -0.394 e. The minimum absolute atomic E-state index is 0.817. The zero-order valence-electron chi connectivity index (χ0n) is 7.09. The Kier molecular flexibility index (Phi) is 5.72. The second kappa shape index (κ2) is 5.74. The fourth-order valence-electron chi connectivity index (χ4n) is 0.736. The molecule has 0 spiro atoms. The second-order valence-electron chi connectivity index (χ2n) is 2.56. The van der Waals surface area contributed by atoms with E-state index in [0.29, 0.717) is 0 Å². The third kappa shape index (κ3) is 4.99. The molecule has 0 heterocycles. The van der Waals surface area contributed by atoms with E-state index in [-0.39, 0.29) is 0 Å². The first-order valence-corrected chi connectivity index (χ1v) is 5.16. The van der Waals surface area contributed by atoms with Crippen molar-refractivity contribution in [3.63, 3.8) is 0 Å². The van der Waals surface area contributed by atoms with Crippen LogP contribution in [0.2, 0.25) is 0 Å². The van der Waals surface area contributed by atoms with E-state index >= 15 is 0 Å². The number of hydrogen-bond donors (Lipinski definition) is 6. The molecule has 0 aliphatic rings. The molecule has 8 nitrogen and oxygen atoms in total. The summed E-state index contributed by atoms with van der Waals surface area (Å²) in [5.41, 5.74) is 0. The van der Waals surface area contributed by atoms with Crippen LogP contribution in [0, 0.1) is 0 Å². The standard InChI is InChI=1S/C5H13O8P/c6-1-3(8)5(9)4(2-7)13-14(10,11)12/h3-9H,1-2H2,(H2,10,11,12)/t3-,4+,5-/m1/s1. The fraction of sp³-hybridized carbons (Fsp3) is 1.00. The molecule has 0 radical (unpaired) electrons. The molecule has 0 aromatic heterocycles. The van der Waals surface area contributed by atoms with E-state index in [4.69, 9.17) is 30.2 Å². The Morgan fingerprint density at radius 3 is 1.93 bits per heavy atom. The van der Waals surface area contributed by atoms with Gasteiger partial charge in [-0.2, -0.15) is 0 Å². The minimum atomic E-state index is -4.86. The molecule has 86 valence electrons. The third-order valence-corrected chi connectivity index (χ3v) is 1.96. The van der Waals surface area contributed by atoms with Crippen LogP contribution in [0.3, 0.4) is 0 Å². The van der Waals surface area contributed by atoms with Crippen molar-refractivity contribution in [2.75, 3.05) is 13.2 Å². The van der Waals surface area contributed by atoms with Gasteiger partial charge >= 0.3 is 7.82 Å². The third-order valence-electron chi connectivity index (χ3n) is 1.41. The predicted molar refractivity (Wildman–Crippen MR) is 43.1 cm³/mol. The van der Waals surface area contributed by atoms with Gasteiger partial charge in [0.1, 0.15) is 18.3 Å². The van der Waals surface area contributed by atoms with Crippen molar-refractivity contribution in [1.29, 1.82) is 0 Å². The second-order valence-corrected chi connectivity index (χ2v) is 3.75. The van der Waals surface area contributed by atoms with Crippen LogP contribution < -0.4 is 0 Å². The monoisotopic (exact) mass is 232 g/mol. The first kappa shape index (κ1) is 13.9. The molecule has 0 unspecified atom stereocenters. The van der Waals surface area contributed by atoms with Crippen LogP contribution in [0.5, 0.6) is 0 Å². The van der Waals surface area contributed by atoms with Gasteiger partial charge in [-0.25, -0.2) is 4.57 Å². The molecule has 0 fully saturated rings. The van der Waals surface area contributed by atoms with Gasteiger partial charge in [0.05, 0.1) is 13.2 Å². The van der Waals surface area contributed by atoms with Gasteiger partial charge in [0.2, 0.25) is 0 Å². The van der Waals surface area contributed by atoms with Crippen molar-refractivity contribution in [3.8, 4) is 0 Å². The lowest BCUT2D eigenvalue weighted by Crippen LogP contribution is -2.42. The number of rotatable bonds is 6. The van der Waals surface area contributed by atoms with E-state index in [1.54, 1.807) is 0 Å². The Morgan fingerprint density at radius 1 is 1.14 bits per heavy atom. The van der Waals surface area contributed by atoms with Gasteiger partial charge in [-0.3, -0.25) is 4.52 Å². The molecule has 0 saturated carbocycles. The summed E-state index contributed by atoms with van der Waals surface area (Å²) >= 11 is 0. The maximum Gasteiger partial charge on any atom is 0.470 e. The summed E-state index contributed by atoms with van der Waals surface area (Å²) in [5, 5.41) is 35.0. The molecule has 0 bridgehead atoms. The molecule has 9 heteroatoms. The Labute approximate surface area is 79.6 Å². The first-order valence-electron chi connectivity index (χ1n) is 3.63. The van der Waals surface area contributed by atoms with Gasteiger partial charge in [-0.1, -0.05) is 0 Å². The molecule has 0 aromatic rings. The van der Waals surface area contributed by atoms with Crippen LogP contribution in [0.15, 0.2) is 0 Å². The van der Waals surface area contributed by atoms with Gasteiger partial charge in [0, 0.05) is 0 Å². The molecule has 14 heavy (non-hydrogen) atoms. The SMILES string of the molecule is O=P(O)(O)O[C@@H](CO)[C@H](O)[C@H](O)CO. The van der Waals surface area contributed by atoms with Crippen LogP contribution in [0.4, 0.5) is 0 Å². The normalized spacial score (nSPS) is 19.0. The van der Waals surface area contributed by atoms with Gasteiger partial charge in [0.15, 0.2) is 0 Å². The van der Waals surface area contributed by atoms with E-state index in [0.717, 1.165) is 0 Å². The molecule has 0 rings (SSSR count). The van der Waals surface area contributed by atoms with E-state index < -0.39 is 39.3 Å². The van der Waals surface area contributed by atoms with Gasteiger partial charge in [-0.05, 0) is 0 Å². The van der Waals surface area contributed by atoms with E-state index in [1.165, 1.54) is 0 Å². The van der Waals surface area contributed by atoms with Crippen LogP contribution >= 0.6 is 7.82 Å². The first-order chi connectivity index (χ1) is 6.31. The smallest absolute Gasteiger partial charge is 0.394 e. The Hall–Kier alpha value is -0.0500. The molecule has 0 aliphatic carbocycles. The van der Waals surface area contributed by atoms with E-state index in [1.807, 2.05) is 0 Å². The van der Waals surface area contributed by atoms with Crippen molar-refractivity contribution in [1.82, 2.24) is 0 Å². The number of phosphoric ester groups is 1. The summed E-state index contributed by atoms with van der Waals surface area (Å²) in [6.07, 6.45) is -5.07. The summed E-state index contributed by atoms with van der Waals surface area (Å²) in [6, 6.07) is 0. The Morgan fingerprint density at radius 2 is 1.64 bits per heavy atom. The highest BCUT2D eigenvalue weighted by Crippen LogP contribution is 2.38. The lowest BCUT2D eigenvalue weighted by atomic mass is 10.1. The molecular weight excluding hydrogens is 219 g/mol. The molecular formula is C5H13O8P. The van der Waals surface area contributed by atoms with Crippen LogP contribution in [0.25, 0.3) is 0 Å². The lowest BCUT2D eigenvalue weighted by Gasteiger charge is -2.24. The molecule has 3 atom stereocenters. The average Bonchev–Trinajstić information content (AvgIpc) is 2.10. The van der Waals surface area contributed by atoms with Crippen molar-refractivity contribution < 1.29 is 39.3 Å². The van der Waals surface area contributed by atoms with Crippen molar-refractivity contribution in [2.45, 2.75) is 18.3 Å². The fourth-order valence-corrected chi connectivity index (χ4v) is 1.28. The zero-order valence-corrected chi connectivity index (χ0v) is 7.99. The highest BCUT2D eigenvalue weighted by atomic mass is 31.2. The highest BCUT2D eigenvalue weighted by Gasteiger charge is 2.31. The quantitative estimate of drug-likeness (QED) is 0.268. The molecule has 0 saturated heterocycles. The van der Waals surface area contributed by atoms with Crippen LogP contribution in [0.1, 0.15) is 0 Å². The number of aliphatic hydroxyl groups excluding tert-OH is 4. The lowest BCUT2D eigenvalue weighted by molar-refractivity contribution is -0.0871. The van der Waals surface area contributed by atoms with Crippen molar-refractivity contribution >= 4 is 7.82 Å². The highest BCUT2D eigenvalue weighted by molar-refractivity contribution is 7.46. The number of phosphoric acid groups is 1.